The van der Waals surface area contributed by atoms with Crippen LogP contribution in [0.1, 0.15) is 44.2 Å². The maximum atomic E-state index is 15.7. The van der Waals surface area contributed by atoms with Crippen molar-refractivity contribution in [3.8, 4) is 0 Å². The lowest BCUT2D eigenvalue weighted by Gasteiger charge is -2.51. The zero-order valence-electron chi connectivity index (χ0n) is 34.7. The molecule has 10 heterocycles. The topological polar surface area (TPSA) is 122 Å². The Morgan fingerprint density at radius 2 is 1.02 bits per heavy atom. The van der Waals surface area contributed by atoms with Gasteiger partial charge in [-0.25, -0.2) is 12.7 Å². The third kappa shape index (κ3) is 4.69. The van der Waals surface area contributed by atoms with Gasteiger partial charge in [0.05, 0.1) is 10.6 Å². The minimum atomic E-state index is -4.46. The highest BCUT2D eigenvalue weighted by Gasteiger charge is 2.82. The Bertz CT molecular complexity index is 2990. The smallest absolute Gasteiger partial charge is 0.266 e. The number of carbonyl (C=O) groups excluding carboxylic acids is 4. The average Bonchev–Trinajstić information content (AvgIpc) is 3.85. The van der Waals surface area contributed by atoms with Crippen molar-refractivity contribution < 1.29 is 27.6 Å². The largest absolute Gasteiger partial charge is 0.320 e. The fourth-order valence-electron chi connectivity index (χ4n) is 12.3. The van der Waals surface area contributed by atoms with E-state index in [0.717, 1.165) is 40.5 Å². The van der Waals surface area contributed by atoms with Crippen LogP contribution in [0.4, 0.5) is 17.1 Å². The van der Waals surface area contributed by atoms with Crippen LogP contribution < -0.4 is 9.21 Å². The number of rotatable bonds is 5. The van der Waals surface area contributed by atoms with E-state index >= 15 is 27.6 Å². The molecule has 4 amide bonds. The molecule has 0 aliphatic carbocycles. The van der Waals surface area contributed by atoms with Crippen molar-refractivity contribution in [1.29, 1.82) is 0 Å². The van der Waals surface area contributed by atoms with E-state index in [0.29, 0.717) is 18.3 Å². The Balaban J connectivity index is 1.18. The van der Waals surface area contributed by atoms with Crippen LogP contribution in [0.2, 0.25) is 0 Å². The summed E-state index contributed by atoms with van der Waals surface area (Å²) >= 11 is 16.8. The minimum Gasteiger partial charge on any atom is -0.320 e. The highest BCUT2D eigenvalue weighted by atomic mass is 32.2. The molecule has 8 fully saturated rings. The van der Waals surface area contributed by atoms with Gasteiger partial charge in [-0.2, -0.15) is 0 Å². The standard InChI is InChI=1S/C45H38N6O6S7/c1-40-34(52)49-32-42(24-44(49,36(54)46(40)3)62-38(58)60-40,28-19-11-13-21-30(28)48(32)26-15-7-5-8-16-26)23-43-25-45-37(55)47(4)41(2,61-39(59)63-45)35(53)50(45)33(43)51(31-22-14-12-20-29(31)43)64(56,57)27-17-9-6-10-18-27/h5-22,32-33H,23-25H2,1-4H3/t32-,33+,40-,41-,42?,43?,44?,45?/m1/s1. The van der Waals surface area contributed by atoms with Gasteiger partial charge in [0.1, 0.15) is 19.4 Å². The van der Waals surface area contributed by atoms with Gasteiger partial charge in [-0.15, -0.1) is 0 Å². The van der Waals surface area contributed by atoms with Gasteiger partial charge in [0, 0.05) is 49.1 Å². The number of para-hydroxylation sites is 3. The first-order chi connectivity index (χ1) is 30.4. The quantitative estimate of drug-likeness (QED) is 0.191. The summed E-state index contributed by atoms with van der Waals surface area (Å²) in [5.74, 6) is -1.30. The number of sulfonamides is 1. The number of thioether (sulfide) groups is 4. The Morgan fingerprint density at radius 3 is 1.56 bits per heavy atom. The van der Waals surface area contributed by atoms with Crippen molar-refractivity contribution >= 4 is 129 Å². The van der Waals surface area contributed by atoms with Crippen LogP contribution in [-0.2, 0) is 40.0 Å². The van der Waals surface area contributed by atoms with E-state index in [1.165, 1.54) is 37.6 Å². The molecule has 4 aromatic carbocycles. The predicted molar refractivity (Wildman–Crippen MR) is 259 cm³/mol. The lowest BCUT2D eigenvalue weighted by molar-refractivity contribution is -0.163. The number of hydrogen-bond donors (Lipinski definition) is 0. The third-order valence-corrected chi connectivity index (χ3v) is 22.9. The first-order valence-electron chi connectivity index (χ1n) is 20.6. The van der Waals surface area contributed by atoms with Crippen molar-refractivity contribution in [1.82, 2.24) is 19.6 Å². The molecular weight excluding hydrogens is 945 g/mol. The average molecular weight is 983 g/mol. The molecule has 10 aliphatic heterocycles. The Kier molecular flexibility index (Phi) is 8.44. The normalized spacial score (nSPS) is 35.7. The lowest BCUT2D eigenvalue weighted by atomic mass is 9.62. The summed E-state index contributed by atoms with van der Waals surface area (Å²) in [4.78, 5) is 64.7. The lowest BCUT2D eigenvalue weighted by Crippen LogP contribution is -2.72. The summed E-state index contributed by atoms with van der Waals surface area (Å²) in [6.45, 7) is 3.43. The summed E-state index contributed by atoms with van der Waals surface area (Å²) in [7, 11) is -1.17. The summed E-state index contributed by atoms with van der Waals surface area (Å²) in [5.41, 5.74) is 1.05. The van der Waals surface area contributed by atoms with Crippen LogP contribution in [0.5, 0.6) is 0 Å². The van der Waals surface area contributed by atoms with E-state index in [1.54, 1.807) is 80.2 Å². The summed E-state index contributed by atoms with van der Waals surface area (Å²) < 4.78 is 33.4. The summed E-state index contributed by atoms with van der Waals surface area (Å²) in [6, 6.07) is 33.3. The molecule has 2 spiro atoms. The highest BCUT2D eigenvalue weighted by Crippen LogP contribution is 2.74. The van der Waals surface area contributed by atoms with E-state index in [2.05, 4.69) is 4.90 Å². The molecular formula is C45H38N6O6S7. The fraction of sp³-hybridized carbons (Fsp3) is 0.333. The zero-order valence-corrected chi connectivity index (χ0v) is 40.4. The van der Waals surface area contributed by atoms with Crippen LogP contribution in [0.15, 0.2) is 114 Å². The molecule has 8 saturated heterocycles. The zero-order chi connectivity index (χ0) is 44.7. The molecule has 64 heavy (non-hydrogen) atoms. The number of nitrogens with zero attached hydrogens (tertiary/aromatic N) is 6. The number of likely N-dealkylation sites (N-methyl/N-ethyl adjacent to an activating group) is 2. The maximum Gasteiger partial charge on any atom is 0.266 e. The van der Waals surface area contributed by atoms with Crippen LogP contribution in [-0.4, -0.2) is 105 Å². The molecule has 0 aromatic heterocycles. The Labute approximate surface area is 397 Å². The second-order valence-electron chi connectivity index (χ2n) is 18.0. The van der Waals surface area contributed by atoms with Crippen molar-refractivity contribution in [3.05, 3.63) is 120 Å². The van der Waals surface area contributed by atoms with Crippen molar-refractivity contribution in [2.75, 3.05) is 23.3 Å². The number of fused-ring (bicyclic) bond motifs is 12. The third-order valence-electron chi connectivity index (χ3n) is 15.0. The van der Waals surface area contributed by atoms with Gasteiger partial charge in [0.25, 0.3) is 33.7 Å². The van der Waals surface area contributed by atoms with E-state index in [1.807, 2.05) is 66.7 Å². The Morgan fingerprint density at radius 1 is 0.578 bits per heavy atom. The minimum absolute atomic E-state index is 0.00522. The number of amides is 4. The predicted octanol–water partition coefficient (Wildman–Crippen LogP) is 7.03. The number of anilines is 3. The molecule has 10 aliphatic rings. The van der Waals surface area contributed by atoms with Crippen molar-refractivity contribution in [2.24, 2.45) is 0 Å². The van der Waals surface area contributed by atoms with E-state index in [-0.39, 0.29) is 41.9 Å². The molecule has 0 N–H and O–H groups in total. The van der Waals surface area contributed by atoms with Crippen LogP contribution >= 0.6 is 71.5 Å². The number of benzene rings is 4. The number of thiocarbonyl (C=S) groups is 2. The van der Waals surface area contributed by atoms with E-state index in [4.69, 9.17) is 24.4 Å². The Hall–Kier alpha value is -4.11. The first-order valence-corrected chi connectivity index (χ1v) is 26.2. The van der Waals surface area contributed by atoms with Gasteiger partial charge in [-0.3, -0.25) is 29.0 Å². The monoisotopic (exact) mass is 982 g/mol. The summed E-state index contributed by atoms with van der Waals surface area (Å²) in [6.07, 6.45) is -1.89. The molecule has 0 saturated carbocycles. The van der Waals surface area contributed by atoms with Gasteiger partial charge >= 0.3 is 0 Å². The molecule has 326 valence electrons. The van der Waals surface area contributed by atoms with Crippen molar-refractivity contribution in [3.63, 3.8) is 0 Å². The van der Waals surface area contributed by atoms with Crippen LogP contribution in [0.25, 0.3) is 0 Å². The summed E-state index contributed by atoms with van der Waals surface area (Å²) in [5, 5.41) is 0. The van der Waals surface area contributed by atoms with Gasteiger partial charge in [0.2, 0.25) is 0 Å². The van der Waals surface area contributed by atoms with Gasteiger partial charge in [-0.1, -0.05) is 144 Å². The molecule has 4 unspecified atom stereocenters. The van der Waals surface area contributed by atoms with E-state index < -0.39 is 58.6 Å². The highest BCUT2D eigenvalue weighted by molar-refractivity contribution is 8.49. The molecule has 4 aromatic rings. The first kappa shape index (κ1) is 41.3. The number of piperazine rings is 2. The van der Waals surface area contributed by atoms with Crippen molar-refractivity contribution in [2.45, 2.75) is 80.7 Å². The molecule has 12 nitrogen and oxygen atoms in total. The SMILES string of the molecule is CN1C(=O)C23CC4(CC56CC78SC(=S)S[C@](C)(C(=O)N7[C@H]5N(S(=O)(=O)c5ccccc5)c5ccccc56)N(C)C8=O)c5ccccc5N(c5ccccc5)[C@@H]4N2C(=O)[C@@]1(C)SC(=S)S3. The number of hydrogen-bond acceptors (Lipinski definition) is 13. The maximum absolute atomic E-state index is 15.7. The van der Waals surface area contributed by atoms with Gasteiger partial charge in [-0.05, 0) is 67.8 Å². The fourth-order valence-corrected chi connectivity index (χ4v) is 21.6. The van der Waals surface area contributed by atoms with E-state index in [9.17, 15) is 0 Å². The molecule has 14 rings (SSSR count). The molecule has 8 atom stereocenters. The molecule has 4 bridgehead atoms. The van der Waals surface area contributed by atoms with Gasteiger partial charge < -0.3 is 14.7 Å². The van der Waals surface area contributed by atoms with Gasteiger partial charge in [0.15, 0.2) is 19.5 Å². The van der Waals surface area contributed by atoms with Crippen LogP contribution in [0.3, 0.4) is 0 Å². The molecule has 19 heteroatoms. The number of carbonyl (C=O) groups is 4. The van der Waals surface area contributed by atoms with Crippen LogP contribution in [0, 0.1) is 0 Å². The second kappa shape index (κ2) is 13.1. The molecule has 0 radical (unpaired) electrons. The second-order valence-corrected chi connectivity index (χ2v) is 27.5.